The van der Waals surface area contributed by atoms with E-state index in [9.17, 15) is 4.79 Å². The number of thioether (sulfide) groups is 1. The van der Waals surface area contributed by atoms with Crippen LogP contribution in [0.25, 0.3) is 11.5 Å². The number of aromatic nitrogens is 2. The maximum absolute atomic E-state index is 12.1. The van der Waals surface area contributed by atoms with Crippen molar-refractivity contribution in [2.45, 2.75) is 38.3 Å². The fraction of sp³-hybridized carbons (Fsp3) is 0.348. The van der Waals surface area contributed by atoms with Gasteiger partial charge in [-0.15, -0.1) is 10.2 Å². The zero-order chi connectivity index (χ0) is 21.3. The third-order valence-electron chi connectivity index (χ3n) is 4.53. The van der Waals surface area contributed by atoms with Crippen LogP contribution in [0, 0.1) is 0 Å². The van der Waals surface area contributed by atoms with Crippen molar-refractivity contribution in [3.63, 3.8) is 0 Å². The minimum atomic E-state index is -0.0559. The van der Waals surface area contributed by atoms with E-state index < -0.39 is 0 Å². The van der Waals surface area contributed by atoms with Crippen LogP contribution in [-0.2, 0) is 11.2 Å². The lowest BCUT2D eigenvalue weighted by Gasteiger charge is -2.07. The van der Waals surface area contributed by atoms with E-state index >= 15 is 0 Å². The number of nitrogens with one attached hydrogen (secondary N) is 1. The van der Waals surface area contributed by atoms with Crippen molar-refractivity contribution in [1.29, 1.82) is 0 Å². The minimum Gasteiger partial charge on any atom is -0.494 e. The van der Waals surface area contributed by atoms with E-state index in [1.807, 2.05) is 31.2 Å². The standard InChI is InChI=1S/C23H27N3O3S/c1-4-28-20-11-9-19(10-12-20)22-25-26-23(29-22)30-15-21(27)24-14-13-17-5-7-18(8-6-17)16(2)3/h5-12,16H,4,13-15H2,1-3H3,(H,24,27). The number of carbonyl (C=O) groups excluding carboxylic acids is 1. The molecule has 158 valence electrons. The summed E-state index contributed by atoms with van der Waals surface area (Å²) < 4.78 is 11.1. The molecule has 0 bridgehead atoms. The summed E-state index contributed by atoms with van der Waals surface area (Å²) in [6.07, 6.45) is 0.803. The molecule has 6 nitrogen and oxygen atoms in total. The van der Waals surface area contributed by atoms with Gasteiger partial charge in [-0.25, -0.2) is 0 Å². The zero-order valence-corrected chi connectivity index (χ0v) is 18.4. The van der Waals surface area contributed by atoms with Gasteiger partial charge in [0.1, 0.15) is 5.75 Å². The highest BCUT2D eigenvalue weighted by atomic mass is 32.2. The molecule has 0 saturated heterocycles. The molecule has 1 aromatic heterocycles. The summed E-state index contributed by atoms with van der Waals surface area (Å²) in [6.45, 7) is 7.51. The van der Waals surface area contributed by atoms with Crippen LogP contribution in [0.4, 0.5) is 0 Å². The van der Waals surface area contributed by atoms with Gasteiger partial charge in [0.2, 0.25) is 11.8 Å². The van der Waals surface area contributed by atoms with Crippen LogP contribution in [0.3, 0.4) is 0 Å². The smallest absolute Gasteiger partial charge is 0.277 e. The molecule has 3 aromatic rings. The van der Waals surface area contributed by atoms with Gasteiger partial charge in [-0.05, 0) is 54.7 Å². The molecule has 3 rings (SSSR count). The molecule has 0 radical (unpaired) electrons. The number of nitrogens with zero attached hydrogens (tertiary/aromatic N) is 2. The predicted molar refractivity (Wildman–Crippen MR) is 119 cm³/mol. The van der Waals surface area contributed by atoms with Gasteiger partial charge < -0.3 is 14.5 Å². The Balaban J connectivity index is 1.41. The molecule has 0 spiro atoms. The molecule has 1 N–H and O–H groups in total. The molecular formula is C23H27N3O3S. The van der Waals surface area contributed by atoms with Crippen LogP contribution < -0.4 is 10.1 Å². The van der Waals surface area contributed by atoms with Gasteiger partial charge in [0.15, 0.2) is 0 Å². The summed E-state index contributed by atoms with van der Waals surface area (Å²) in [7, 11) is 0. The Hall–Kier alpha value is -2.80. The highest BCUT2D eigenvalue weighted by molar-refractivity contribution is 7.99. The van der Waals surface area contributed by atoms with Crippen molar-refractivity contribution in [3.05, 3.63) is 59.7 Å². The molecular weight excluding hydrogens is 398 g/mol. The maximum Gasteiger partial charge on any atom is 0.277 e. The second kappa shape index (κ2) is 10.8. The van der Waals surface area contributed by atoms with Gasteiger partial charge in [-0.1, -0.05) is 49.9 Å². The topological polar surface area (TPSA) is 77.2 Å². The molecule has 2 aromatic carbocycles. The lowest BCUT2D eigenvalue weighted by Crippen LogP contribution is -2.27. The summed E-state index contributed by atoms with van der Waals surface area (Å²) in [5.41, 5.74) is 3.35. The Morgan fingerprint density at radius 3 is 2.50 bits per heavy atom. The van der Waals surface area contributed by atoms with Crippen LogP contribution in [0.2, 0.25) is 0 Å². The first-order valence-electron chi connectivity index (χ1n) is 10.1. The maximum atomic E-state index is 12.1. The monoisotopic (exact) mass is 425 g/mol. The van der Waals surface area contributed by atoms with E-state index in [1.165, 1.54) is 22.9 Å². The van der Waals surface area contributed by atoms with Gasteiger partial charge >= 0.3 is 0 Å². The predicted octanol–water partition coefficient (Wildman–Crippen LogP) is 4.71. The Kier molecular flexibility index (Phi) is 7.90. The number of carbonyl (C=O) groups is 1. The first-order chi connectivity index (χ1) is 14.5. The Morgan fingerprint density at radius 1 is 1.10 bits per heavy atom. The average Bonchev–Trinajstić information content (AvgIpc) is 3.22. The molecule has 7 heteroatoms. The second-order valence-corrected chi connectivity index (χ2v) is 8.04. The van der Waals surface area contributed by atoms with E-state index in [-0.39, 0.29) is 11.7 Å². The molecule has 0 aliphatic carbocycles. The summed E-state index contributed by atoms with van der Waals surface area (Å²) in [6, 6.07) is 16.0. The Labute approximate surface area is 181 Å². The molecule has 1 heterocycles. The third kappa shape index (κ3) is 6.35. The number of hydrogen-bond donors (Lipinski definition) is 1. The highest BCUT2D eigenvalue weighted by Crippen LogP contribution is 2.24. The van der Waals surface area contributed by atoms with E-state index in [4.69, 9.17) is 9.15 Å². The number of amides is 1. The van der Waals surface area contributed by atoms with Crippen molar-refractivity contribution in [2.75, 3.05) is 18.9 Å². The average molecular weight is 426 g/mol. The largest absolute Gasteiger partial charge is 0.494 e. The lowest BCUT2D eigenvalue weighted by atomic mass is 10.0. The van der Waals surface area contributed by atoms with E-state index in [0.29, 0.717) is 30.2 Å². The minimum absolute atomic E-state index is 0.0559. The molecule has 0 aliphatic rings. The van der Waals surface area contributed by atoms with E-state index in [0.717, 1.165) is 17.7 Å². The van der Waals surface area contributed by atoms with Crippen molar-refractivity contribution >= 4 is 17.7 Å². The number of hydrogen-bond acceptors (Lipinski definition) is 6. The zero-order valence-electron chi connectivity index (χ0n) is 17.6. The number of benzene rings is 2. The molecule has 0 saturated carbocycles. The lowest BCUT2D eigenvalue weighted by molar-refractivity contribution is -0.118. The quantitative estimate of drug-likeness (QED) is 0.474. The SMILES string of the molecule is CCOc1ccc(-c2nnc(SCC(=O)NCCc3ccc(C(C)C)cc3)o2)cc1. The van der Waals surface area contributed by atoms with Gasteiger partial charge in [0, 0.05) is 12.1 Å². The fourth-order valence-corrected chi connectivity index (χ4v) is 3.43. The normalized spacial score (nSPS) is 10.9. The van der Waals surface area contributed by atoms with E-state index in [1.54, 1.807) is 0 Å². The van der Waals surface area contributed by atoms with Crippen LogP contribution in [0.1, 0.15) is 37.8 Å². The Bertz CT molecular complexity index is 937. The van der Waals surface area contributed by atoms with Crippen molar-refractivity contribution in [1.82, 2.24) is 15.5 Å². The fourth-order valence-electron chi connectivity index (χ4n) is 2.84. The van der Waals surface area contributed by atoms with Crippen LogP contribution in [0.15, 0.2) is 58.2 Å². The number of ether oxygens (including phenoxy) is 1. The molecule has 30 heavy (non-hydrogen) atoms. The Morgan fingerprint density at radius 2 is 1.83 bits per heavy atom. The summed E-state index contributed by atoms with van der Waals surface area (Å²) in [4.78, 5) is 12.1. The highest BCUT2D eigenvalue weighted by Gasteiger charge is 2.11. The first kappa shape index (κ1) is 21.9. The third-order valence-corrected chi connectivity index (χ3v) is 5.35. The van der Waals surface area contributed by atoms with Gasteiger partial charge in [-0.2, -0.15) is 0 Å². The molecule has 0 aliphatic heterocycles. The molecule has 1 amide bonds. The summed E-state index contributed by atoms with van der Waals surface area (Å²) in [5.74, 6) is 1.92. The van der Waals surface area contributed by atoms with Crippen LogP contribution >= 0.6 is 11.8 Å². The summed E-state index contributed by atoms with van der Waals surface area (Å²) in [5, 5.41) is 11.4. The van der Waals surface area contributed by atoms with Gasteiger partial charge in [0.25, 0.3) is 5.22 Å². The van der Waals surface area contributed by atoms with Crippen LogP contribution in [-0.4, -0.2) is 35.0 Å². The van der Waals surface area contributed by atoms with E-state index in [2.05, 4.69) is 53.6 Å². The first-order valence-corrected chi connectivity index (χ1v) is 11.1. The molecule has 0 unspecified atom stereocenters. The molecule has 0 fully saturated rings. The number of rotatable bonds is 10. The van der Waals surface area contributed by atoms with Crippen molar-refractivity contribution in [3.8, 4) is 17.2 Å². The van der Waals surface area contributed by atoms with Gasteiger partial charge in [-0.3, -0.25) is 4.79 Å². The van der Waals surface area contributed by atoms with Crippen LogP contribution in [0.5, 0.6) is 5.75 Å². The van der Waals surface area contributed by atoms with Gasteiger partial charge in [0.05, 0.1) is 12.4 Å². The van der Waals surface area contributed by atoms with Crippen molar-refractivity contribution < 1.29 is 13.9 Å². The molecule has 0 atom stereocenters. The summed E-state index contributed by atoms with van der Waals surface area (Å²) >= 11 is 1.23. The van der Waals surface area contributed by atoms with Crippen molar-refractivity contribution in [2.24, 2.45) is 0 Å². The second-order valence-electron chi connectivity index (χ2n) is 7.12.